The molecule has 0 aliphatic carbocycles. The fourth-order valence-corrected chi connectivity index (χ4v) is 2.94. The highest BCUT2D eigenvalue weighted by molar-refractivity contribution is 7.13. The summed E-state index contributed by atoms with van der Waals surface area (Å²) in [4.78, 5) is 0. The van der Waals surface area contributed by atoms with Crippen LogP contribution in [-0.4, -0.2) is 4.37 Å². The monoisotopic (exact) mass is 342 g/mol. The van der Waals surface area contributed by atoms with E-state index in [4.69, 9.17) is 11.6 Å². The first kappa shape index (κ1) is 15.1. The summed E-state index contributed by atoms with van der Waals surface area (Å²) in [6, 6.07) is 10.6. The number of nitrogens with one attached hydrogen (secondary N) is 1. The van der Waals surface area contributed by atoms with Gasteiger partial charge >= 0.3 is 6.18 Å². The van der Waals surface area contributed by atoms with E-state index in [9.17, 15) is 13.2 Å². The molecule has 0 aliphatic heterocycles. The van der Waals surface area contributed by atoms with Crippen LogP contribution < -0.4 is 5.32 Å². The Bertz CT molecular complexity index is 797. The van der Waals surface area contributed by atoms with Crippen LogP contribution in [0, 0.1) is 0 Å². The molecule has 0 saturated carbocycles. The molecule has 1 heterocycles. The fourth-order valence-electron chi connectivity index (χ4n) is 2.04. The Hall–Kier alpha value is -1.79. The zero-order valence-electron chi connectivity index (χ0n) is 11.1. The van der Waals surface area contributed by atoms with Gasteiger partial charge in [-0.1, -0.05) is 23.7 Å². The number of aromatic nitrogens is 1. The lowest BCUT2D eigenvalue weighted by atomic mass is 10.1. The molecule has 0 unspecified atom stereocenters. The lowest BCUT2D eigenvalue weighted by Crippen LogP contribution is -2.05. The highest BCUT2D eigenvalue weighted by Crippen LogP contribution is 2.31. The molecule has 0 radical (unpaired) electrons. The SMILES string of the molecule is FC(F)(F)c1ccc(CNc2nsc3ccc(Cl)cc23)cc1. The molecule has 22 heavy (non-hydrogen) atoms. The molecule has 7 heteroatoms. The van der Waals surface area contributed by atoms with Crippen LogP contribution in [0.25, 0.3) is 10.1 Å². The van der Waals surface area contributed by atoms with Crippen molar-refractivity contribution in [2.75, 3.05) is 5.32 Å². The average molecular weight is 343 g/mol. The molecule has 0 bridgehead atoms. The highest BCUT2D eigenvalue weighted by atomic mass is 35.5. The average Bonchev–Trinajstić information content (AvgIpc) is 2.87. The van der Waals surface area contributed by atoms with Gasteiger partial charge in [-0.25, -0.2) is 0 Å². The van der Waals surface area contributed by atoms with Gasteiger partial charge in [0.25, 0.3) is 0 Å². The van der Waals surface area contributed by atoms with Crippen LogP contribution in [0.15, 0.2) is 42.5 Å². The molecular weight excluding hydrogens is 333 g/mol. The van der Waals surface area contributed by atoms with Gasteiger partial charge in [-0.15, -0.1) is 0 Å². The second-order valence-corrected chi connectivity index (χ2v) is 5.96. The molecule has 0 fully saturated rings. The molecule has 0 saturated heterocycles. The maximum absolute atomic E-state index is 12.5. The summed E-state index contributed by atoms with van der Waals surface area (Å²) in [7, 11) is 0. The molecule has 2 nitrogen and oxygen atoms in total. The van der Waals surface area contributed by atoms with Crippen molar-refractivity contribution < 1.29 is 13.2 Å². The number of alkyl halides is 3. The third-order valence-corrected chi connectivity index (χ3v) is 4.23. The van der Waals surface area contributed by atoms with Crippen molar-refractivity contribution in [3.05, 3.63) is 58.6 Å². The molecule has 1 N–H and O–H groups in total. The second kappa shape index (κ2) is 5.78. The van der Waals surface area contributed by atoms with Crippen molar-refractivity contribution in [2.24, 2.45) is 0 Å². The molecule has 0 spiro atoms. The molecule has 1 aromatic heterocycles. The summed E-state index contributed by atoms with van der Waals surface area (Å²) in [6.07, 6.45) is -4.31. The van der Waals surface area contributed by atoms with Crippen LogP contribution in [-0.2, 0) is 12.7 Å². The number of benzene rings is 2. The van der Waals surface area contributed by atoms with Crippen LogP contribution in [0.3, 0.4) is 0 Å². The van der Waals surface area contributed by atoms with Gasteiger partial charge in [0.15, 0.2) is 0 Å². The van der Waals surface area contributed by atoms with Crippen LogP contribution in [0.1, 0.15) is 11.1 Å². The summed E-state index contributed by atoms with van der Waals surface area (Å²) < 4.78 is 42.8. The topological polar surface area (TPSA) is 24.9 Å². The number of halogens is 4. The normalized spacial score (nSPS) is 11.8. The van der Waals surface area contributed by atoms with Crippen molar-refractivity contribution in [3.63, 3.8) is 0 Å². The van der Waals surface area contributed by atoms with Crippen LogP contribution in [0.5, 0.6) is 0 Å². The minimum atomic E-state index is -4.31. The van der Waals surface area contributed by atoms with Gasteiger partial charge in [0.1, 0.15) is 5.82 Å². The Morgan fingerprint density at radius 3 is 2.50 bits per heavy atom. The number of hydrogen-bond donors (Lipinski definition) is 1. The Morgan fingerprint density at radius 2 is 1.82 bits per heavy atom. The molecule has 114 valence electrons. The van der Waals surface area contributed by atoms with E-state index in [0.29, 0.717) is 17.4 Å². The maximum atomic E-state index is 12.5. The van der Waals surface area contributed by atoms with Crippen LogP contribution in [0.4, 0.5) is 19.0 Å². The lowest BCUT2D eigenvalue weighted by Gasteiger charge is -2.08. The summed E-state index contributed by atoms with van der Waals surface area (Å²) >= 11 is 7.31. The number of anilines is 1. The molecule has 3 aromatic rings. The zero-order chi connectivity index (χ0) is 15.7. The first-order valence-electron chi connectivity index (χ1n) is 6.38. The first-order chi connectivity index (χ1) is 10.4. The van der Waals surface area contributed by atoms with E-state index < -0.39 is 11.7 Å². The third-order valence-electron chi connectivity index (χ3n) is 3.17. The summed E-state index contributed by atoms with van der Waals surface area (Å²) in [5.74, 6) is 0.683. The van der Waals surface area contributed by atoms with Gasteiger partial charge in [0, 0.05) is 17.0 Å². The van der Waals surface area contributed by atoms with Crippen LogP contribution >= 0.6 is 23.1 Å². The number of nitrogens with zero attached hydrogens (tertiary/aromatic N) is 1. The predicted molar refractivity (Wildman–Crippen MR) is 83.4 cm³/mol. The standard InChI is InChI=1S/C15H10ClF3N2S/c16-11-5-6-13-12(7-11)14(21-22-13)20-8-9-1-3-10(4-2-9)15(17,18)19/h1-7H,8H2,(H,20,21). The second-order valence-electron chi connectivity index (χ2n) is 4.72. The lowest BCUT2D eigenvalue weighted by molar-refractivity contribution is -0.137. The van der Waals surface area contributed by atoms with E-state index >= 15 is 0 Å². The third kappa shape index (κ3) is 3.18. The van der Waals surface area contributed by atoms with Gasteiger partial charge in [-0.2, -0.15) is 17.5 Å². The van der Waals surface area contributed by atoms with Crippen molar-refractivity contribution in [1.29, 1.82) is 0 Å². The van der Waals surface area contributed by atoms with E-state index in [1.165, 1.54) is 23.7 Å². The maximum Gasteiger partial charge on any atom is 0.416 e. The quantitative estimate of drug-likeness (QED) is 0.672. The van der Waals surface area contributed by atoms with E-state index in [1.807, 2.05) is 12.1 Å². The summed E-state index contributed by atoms with van der Waals surface area (Å²) in [6.45, 7) is 0.392. The van der Waals surface area contributed by atoms with Gasteiger partial charge in [-0.05, 0) is 47.4 Å². The van der Waals surface area contributed by atoms with E-state index in [2.05, 4.69) is 9.69 Å². The Kier molecular flexibility index (Phi) is 3.97. The van der Waals surface area contributed by atoms with Gasteiger partial charge in [0.05, 0.1) is 10.3 Å². The van der Waals surface area contributed by atoms with E-state index in [-0.39, 0.29) is 0 Å². The highest BCUT2D eigenvalue weighted by Gasteiger charge is 2.29. The summed E-state index contributed by atoms with van der Waals surface area (Å²) in [5.41, 5.74) is 0.0957. The molecule has 0 amide bonds. The number of rotatable bonds is 3. The molecule has 2 aromatic carbocycles. The number of fused-ring (bicyclic) bond motifs is 1. The Balaban J connectivity index is 1.75. The smallest absolute Gasteiger partial charge is 0.365 e. The zero-order valence-corrected chi connectivity index (χ0v) is 12.7. The van der Waals surface area contributed by atoms with Crippen molar-refractivity contribution in [2.45, 2.75) is 12.7 Å². The van der Waals surface area contributed by atoms with Crippen LogP contribution in [0.2, 0.25) is 5.02 Å². The largest absolute Gasteiger partial charge is 0.416 e. The van der Waals surface area contributed by atoms with Gasteiger partial charge in [-0.3, -0.25) is 0 Å². The Labute approximate surface area is 133 Å². The minimum absolute atomic E-state index is 0.392. The van der Waals surface area contributed by atoms with Crippen molar-refractivity contribution in [1.82, 2.24) is 4.37 Å². The summed E-state index contributed by atoms with van der Waals surface area (Å²) in [5, 5.41) is 4.65. The van der Waals surface area contributed by atoms with Crippen molar-refractivity contribution >= 4 is 39.0 Å². The molecule has 3 rings (SSSR count). The molecular formula is C15H10ClF3N2S. The first-order valence-corrected chi connectivity index (χ1v) is 7.53. The van der Waals surface area contributed by atoms with E-state index in [0.717, 1.165) is 27.8 Å². The molecule has 0 aliphatic rings. The van der Waals surface area contributed by atoms with Gasteiger partial charge < -0.3 is 5.32 Å². The van der Waals surface area contributed by atoms with Crippen molar-refractivity contribution in [3.8, 4) is 0 Å². The predicted octanol–water partition coefficient (Wildman–Crippen LogP) is 5.58. The van der Waals surface area contributed by atoms with Gasteiger partial charge in [0.2, 0.25) is 0 Å². The minimum Gasteiger partial charge on any atom is -0.365 e. The fraction of sp³-hybridized carbons (Fsp3) is 0.133. The Morgan fingerprint density at radius 1 is 1.09 bits per heavy atom. The number of hydrogen-bond acceptors (Lipinski definition) is 3. The van der Waals surface area contributed by atoms with E-state index in [1.54, 1.807) is 6.07 Å². The molecule has 0 atom stereocenters.